The van der Waals surface area contributed by atoms with Gasteiger partial charge in [-0.05, 0) is 11.6 Å². The van der Waals surface area contributed by atoms with E-state index in [1.807, 2.05) is 0 Å². The van der Waals surface area contributed by atoms with E-state index < -0.39 is 0 Å². The maximum atomic E-state index is 10.6. The van der Waals surface area contributed by atoms with Crippen LogP contribution in [0.25, 0.3) is 0 Å². The number of aldehydes is 1. The quantitative estimate of drug-likeness (QED) is 0.334. The molecule has 70 valence electrons. The van der Waals surface area contributed by atoms with Crippen molar-refractivity contribution in [3.8, 4) is 11.5 Å². The normalized spacial score (nSPS) is 8.71. The molecule has 1 aromatic rings. The van der Waals surface area contributed by atoms with Gasteiger partial charge in [0.05, 0.1) is 32.0 Å². The SMILES string of the molecule is [CH2-]c1cc(OC)cc(OC)c1C=O.[Li+]. The molecule has 0 amide bonds. The van der Waals surface area contributed by atoms with Crippen LogP contribution in [0, 0.1) is 6.92 Å². The van der Waals surface area contributed by atoms with Crippen molar-refractivity contribution >= 4 is 6.29 Å². The van der Waals surface area contributed by atoms with E-state index >= 15 is 0 Å². The van der Waals surface area contributed by atoms with Crippen molar-refractivity contribution < 1.29 is 33.1 Å². The first-order chi connectivity index (χ1) is 6.22. The van der Waals surface area contributed by atoms with Gasteiger partial charge in [0, 0.05) is 0 Å². The molecule has 0 unspecified atom stereocenters. The molecule has 0 aliphatic rings. The Hall–Kier alpha value is -1.04. The van der Waals surface area contributed by atoms with Crippen LogP contribution in [-0.2, 0) is 0 Å². The van der Waals surface area contributed by atoms with Crippen molar-refractivity contribution in [1.82, 2.24) is 0 Å². The van der Waals surface area contributed by atoms with E-state index in [1.165, 1.54) is 7.11 Å². The molecule has 0 atom stereocenters. The average Bonchev–Trinajstić information content (AvgIpc) is 2.16. The summed E-state index contributed by atoms with van der Waals surface area (Å²) in [5.74, 6) is 1.12. The molecule has 14 heavy (non-hydrogen) atoms. The van der Waals surface area contributed by atoms with E-state index in [2.05, 4.69) is 6.92 Å². The van der Waals surface area contributed by atoms with Gasteiger partial charge in [-0.1, -0.05) is 0 Å². The summed E-state index contributed by atoms with van der Waals surface area (Å²) in [4.78, 5) is 10.6. The van der Waals surface area contributed by atoms with E-state index in [0.717, 1.165) is 6.29 Å². The Bertz CT molecular complexity index is 323. The van der Waals surface area contributed by atoms with Crippen LogP contribution in [0.2, 0.25) is 0 Å². The fraction of sp³-hybridized carbons (Fsp3) is 0.200. The third-order valence-electron chi connectivity index (χ3n) is 1.77. The van der Waals surface area contributed by atoms with Gasteiger partial charge >= 0.3 is 18.9 Å². The van der Waals surface area contributed by atoms with E-state index in [4.69, 9.17) is 9.47 Å². The smallest absolute Gasteiger partial charge is 0.509 e. The molecule has 0 aromatic heterocycles. The second-order valence-corrected chi connectivity index (χ2v) is 2.52. The van der Waals surface area contributed by atoms with Gasteiger partial charge in [-0.3, -0.25) is 0 Å². The minimum Gasteiger partial charge on any atom is -0.509 e. The summed E-state index contributed by atoms with van der Waals surface area (Å²) in [6.45, 7) is 3.72. The third kappa shape index (κ3) is 2.47. The Morgan fingerprint density at radius 2 is 1.93 bits per heavy atom. The molecule has 4 heteroatoms. The second kappa shape index (κ2) is 5.64. The van der Waals surface area contributed by atoms with Crippen molar-refractivity contribution in [2.75, 3.05) is 14.2 Å². The first-order valence-corrected chi connectivity index (χ1v) is 3.76. The molecule has 0 bridgehead atoms. The number of ether oxygens (including phenoxy) is 2. The zero-order valence-electron chi connectivity index (χ0n) is 8.66. The molecule has 0 saturated heterocycles. The van der Waals surface area contributed by atoms with Crippen LogP contribution in [0.5, 0.6) is 11.5 Å². The molecule has 0 saturated carbocycles. The van der Waals surface area contributed by atoms with Crippen LogP contribution in [0.4, 0.5) is 0 Å². The first-order valence-electron chi connectivity index (χ1n) is 3.76. The largest absolute Gasteiger partial charge is 1.00 e. The van der Waals surface area contributed by atoms with Crippen LogP contribution < -0.4 is 28.3 Å². The van der Waals surface area contributed by atoms with Crippen LogP contribution in [0.3, 0.4) is 0 Å². The molecule has 0 heterocycles. The standard InChI is InChI=1S/C10H11O3.Li/c1-7-4-8(12-2)5-10(13-3)9(7)6-11;/h4-6H,1H2,2-3H3;/q-1;+1. The summed E-state index contributed by atoms with van der Waals surface area (Å²) in [7, 11) is 3.05. The number of methoxy groups -OCH3 is 2. The molecular formula is C10H11LiO3. The van der Waals surface area contributed by atoms with Crippen LogP contribution >= 0.6 is 0 Å². The third-order valence-corrected chi connectivity index (χ3v) is 1.77. The average molecular weight is 186 g/mol. The Morgan fingerprint density at radius 3 is 2.36 bits per heavy atom. The van der Waals surface area contributed by atoms with Gasteiger partial charge in [-0.2, -0.15) is 12.5 Å². The van der Waals surface area contributed by atoms with Crippen LogP contribution in [0.1, 0.15) is 15.9 Å². The minimum absolute atomic E-state index is 0. The Balaban J connectivity index is 0.00000169. The summed E-state index contributed by atoms with van der Waals surface area (Å²) in [6, 6.07) is 3.34. The predicted octanol–water partition coefficient (Wildman–Crippen LogP) is -1.30. The number of hydrogen-bond acceptors (Lipinski definition) is 3. The Kier molecular flexibility index (Phi) is 5.22. The summed E-state index contributed by atoms with van der Waals surface area (Å²) in [6.07, 6.45) is 0.723. The first kappa shape index (κ1) is 13.0. The maximum absolute atomic E-state index is 10.6. The van der Waals surface area contributed by atoms with Gasteiger partial charge in [-0.15, -0.1) is 6.07 Å². The number of hydrogen-bond donors (Lipinski definition) is 0. The molecule has 3 nitrogen and oxygen atoms in total. The van der Waals surface area contributed by atoms with Crippen molar-refractivity contribution in [3.63, 3.8) is 0 Å². The number of carbonyl (C=O) groups excluding carboxylic acids is 1. The molecule has 0 N–H and O–H groups in total. The van der Waals surface area contributed by atoms with Gasteiger partial charge in [0.25, 0.3) is 0 Å². The summed E-state index contributed by atoms with van der Waals surface area (Å²) in [5, 5.41) is 0. The molecular weight excluding hydrogens is 175 g/mol. The molecule has 0 aliphatic heterocycles. The van der Waals surface area contributed by atoms with Crippen LogP contribution in [-0.4, -0.2) is 20.5 Å². The second-order valence-electron chi connectivity index (χ2n) is 2.52. The monoisotopic (exact) mass is 186 g/mol. The van der Waals surface area contributed by atoms with Crippen molar-refractivity contribution in [2.24, 2.45) is 0 Å². The van der Waals surface area contributed by atoms with Gasteiger partial charge < -0.3 is 14.3 Å². The summed E-state index contributed by atoms with van der Waals surface area (Å²) < 4.78 is 10.0. The summed E-state index contributed by atoms with van der Waals surface area (Å²) >= 11 is 0. The molecule has 1 rings (SSSR count). The van der Waals surface area contributed by atoms with Gasteiger partial charge in [0.2, 0.25) is 0 Å². The van der Waals surface area contributed by atoms with Crippen molar-refractivity contribution in [1.29, 1.82) is 0 Å². The molecule has 0 aliphatic carbocycles. The minimum atomic E-state index is 0. The Morgan fingerprint density at radius 1 is 1.29 bits per heavy atom. The van der Waals surface area contributed by atoms with E-state index in [9.17, 15) is 4.79 Å². The van der Waals surface area contributed by atoms with Crippen LogP contribution in [0.15, 0.2) is 12.1 Å². The van der Waals surface area contributed by atoms with E-state index in [-0.39, 0.29) is 18.9 Å². The van der Waals surface area contributed by atoms with Gasteiger partial charge in [-0.25, -0.2) is 0 Å². The van der Waals surface area contributed by atoms with E-state index in [1.54, 1.807) is 19.2 Å². The maximum Gasteiger partial charge on any atom is 1.00 e. The number of benzene rings is 1. The number of rotatable bonds is 3. The van der Waals surface area contributed by atoms with Gasteiger partial charge in [0.15, 0.2) is 0 Å². The Labute approximate surface area is 95.6 Å². The number of carbonyl (C=O) groups is 1. The fourth-order valence-corrected chi connectivity index (χ4v) is 1.08. The topological polar surface area (TPSA) is 35.5 Å². The zero-order valence-corrected chi connectivity index (χ0v) is 8.66. The molecule has 0 radical (unpaired) electrons. The fourth-order valence-electron chi connectivity index (χ4n) is 1.08. The molecule has 1 aromatic carbocycles. The predicted molar refractivity (Wildman–Crippen MR) is 49.4 cm³/mol. The van der Waals surface area contributed by atoms with Gasteiger partial charge in [0.1, 0.15) is 0 Å². The molecule has 0 fully saturated rings. The van der Waals surface area contributed by atoms with Crippen molar-refractivity contribution in [3.05, 3.63) is 30.2 Å². The zero-order chi connectivity index (χ0) is 9.84. The summed E-state index contributed by atoms with van der Waals surface area (Å²) in [5.41, 5.74) is 1.06. The molecule has 0 spiro atoms. The van der Waals surface area contributed by atoms with E-state index in [0.29, 0.717) is 22.6 Å². The van der Waals surface area contributed by atoms with Crippen molar-refractivity contribution in [2.45, 2.75) is 0 Å².